The minimum atomic E-state index is -3.49. The Morgan fingerprint density at radius 2 is 1.48 bits per heavy atom. The Morgan fingerprint density at radius 1 is 0.926 bits per heavy atom. The normalized spacial score (nSPS) is 11.1. The molecule has 0 saturated carbocycles. The zero-order valence-corrected chi connectivity index (χ0v) is 16.9. The van der Waals surface area contributed by atoms with Gasteiger partial charge in [-0.25, -0.2) is 8.42 Å². The highest BCUT2D eigenvalue weighted by Crippen LogP contribution is 2.23. The lowest BCUT2D eigenvalue weighted by Gasteiger charge is -2.25. The highest BCUT2D eigenvalue weighted by atomic mass is 32.2. The lowest BCUT2D eigenvalue weighted by molar-refractivity contribution is -0.116. The van der Waals surface area contributed by atoms with Gasteiger partial charge in [-0.15, -0.1) is 0 Å². The van der Waals surface area contributed by atoms with E-state index in [1.54, 1.807) is 24.3 Å². The van der Waals surface area contributed by atoms with Crippen LogP contribution in [0.1, 0.15) is 20.3 Å². The zero-order chi connectivity index (χ0) is 19.9. The Kier molecular flexibility index (Phi) is 7.24. The van der Waals surface area contributed by atoms with Crippen LogP contribution in [0.4, 0.5) is 17.1 Å². The van der Waals surface area contributed by atoms with Crippen LogP contribution in [0.3, 0.4) is 0 Å². The largest absolute Gasteiger partial charge is 0.372 e. The maximum absolute atomic E-state index is 12.2. The summed E-state index contributed by atoms with van der Waals surface area (Å²) in [6.07, 6.45) is 1.22. The number of nitrogens with one attached hydrogen (secondary N) is 1. The van der Waals surface area contributed by atoms with E-state index >= 15 is 0 Å². The van der Waals surface area contributed by atoms with Crippen molar-refractivity contribution in [2.24, 2.45) is 0 Å². The van der Waals surface area contributed by atoms with Gasteiger partial charge in [0.25, 0.3) is 0 Å². The fourth-order valence-electron chi connectivity index (χ4n) is 2.85. The van der Waals surface area contributed by atoms with E-state index in [1.807, 2.05) is 30.3 Å². The Morgan fingerprint density at radius 3 is 2.00 bits per heavy atom. The van der Waals surface area contributed by atoms with E-state index in [2.05, 4.69) is 24.1 Å². The molecular weight excluding hydrogens is 362 g/mol. The van der Waals surface area contributed by atoms with Gasteiger partial charge in [0.2, 0.25) is 15.9 Å². The summed E-state index contributed by atoms with van der Waals surface area (Å²) in [6, 6.07) is 16.5. The Balaban J connectivity index is 2.08. The third-order valence-electron chi connectivity index (χ3n) is 4.27. The zero-order valence-electron chi connectivity index (χ0n) is 16.1. The molecule has 1 amide bonds. The number of anilines is 3. The van der Waals surface area contributed by atoms with Gasteiger partial charge < -0.3 is 10.2 Å². The molecule has 0 atom stereocenters. The minimum Gasteiger partial charge on any atom is -0.372 e. The van der Waals surface area contributed by atoms with Gasteiger partial charge in [0, 0.05) is 37.4 Å². The van der Waals surface area contributed by atoms with Crippen LogP contribution in [-0.2, 0) is 14.8 Å². The molecule has 7 heteroatoms. The molecule has 2 aromatic carbocycles. The van der Waals surface area contributed by atoms with Crippen molar-refractivity contribution in [2.75, 3.05) is 40.4 Å². The summed E-state index contributed by atoms with van der Waals surface area (Å²) in [6.45, 7) is 6.00. The molecular formula is C20H27N3O3S. The molecule has 0 heterocycles. The first-order valence-corrected chi connectivity index (χ1v) is 10.9. The molecule has 2 rings (SSSR count). The van der Waals surface area contributed by atoms with Crippen LogP contribution in [0.25, 0.3) is 0 Å². The van der Waals surface area contributed by atoms with Gasteiger partial charge in [-0.2, -0.15) is 0 Å². The number of benzene rings is 2. The number of amides is 1. The average molecular weight is 390 g/mol. The standard InChI is InChI=1S/C20H27N3O3S/c1-4-22(5-2)18-11-13-19(14-12-18)23(27(3,25)26)16-15-20(24)21-17-9-7-6-8-10-17/h6-14H,4-5,15-16H2,1-3H3,(H,21,24). The second-order valence-electron chi connectivity index (χ2n) is 6.19. The highest BCUT2D eigenvalue weighted by molar-refractivity contribution is 7.92. The molecule has 0 aliphatic carbocycles. The molecule has 0 spiro atoms. The monoisotopic (exact) mass is 389 g/mol. The molecule has 0 aliphatic heterocycles. The smallest absolute Gasteiger partial charge is 0.232 e. The van der Waals surface area contributed by atoms with Crippen molar-refractivity contribution < 1.29 is 13.2 Å². The summed E-state index contributed by atoms with van der Waals surface area (Å²) in [5, 5.41) is 2.77. The van der Waals surface area contributed by atoms with Gasteiger partial charge >= 0.3 is 0 Å². The third kappa shape index (κ3) is 5.99. The van der Waals surface area contributed by atoms with Crippen LogP contribution < -0.4 is 14.5 Å². The predicted molar refractivity (Wildman–Crippen MR) is 112 cm³/mol. The molecule has 6 nitrogen and oxygen atoms in total. The lowest BCUT2D eigenvalue weighted by Crippen LogP contribution is -2.33. The second-order valence-corrected chi connectivity index (χ2v) is 8.09. The van der Waals surface area contributed by atoms with E-state index in [4.69, 9.17) is 0 Å². The molecule has 2 aromatic rings. The predicted octanol–water partition coefficient (Wildman–Crippen LogP) is 3.33. The summed E-state index contributed by atoms with van der Waals surface area (Å²) in [4.78, 5) is 14.3. The van der Waals surface area contributed by atoms with Gasteiger partial charge in [0.1, 0.15) is 0 Å². The molecule has 0 aliphatic rings. The van der Waals surface area contributed by atoms with Crippen LogP contribution in [0.15, 0.2) is 54.6 Å². The topological polar surface area (TPSA) is 69.7 Å². The first-order chi connectivity index (χ1) is 12.8. The van der Waals surface area contributed by atoms with E-state index < -0.39 is 10.0 Å². The molecule has 0 aromatic heterocycles. The number of hydrogen-bond donors (Lipinski definition) is 1. The van der Waals surface area contributed by atoms with E-state index in [1.165, 1.54) is 4.31 Å². The molecule has 1 N–H and O–H groups in total. The highest BCUT2D eigenvalue weighted by Gasteiger charge is 2.19. The van der Waals surface area contributed by atoms with Crippen LogP contribution in [-0.4, -0.2) is 40.2 Å². The summed E-state index contributed by atoms with van der Waals surface area (Å²) >= 11 is 0. The van der Waals surface area contributed by atoms with Crippen molar-refractivity contribution in [1.82, 2.24) is 0 Å². The molecule has 0 radical (unpaired) electrons. The van der Waals surface area contributed by atoms with E-state index in [9.17, 15) is 13.2 Å². The fourth-order valence-corrected chi connectivity index (χ4v) is 3.78. The molecule has 0 fully saturated rings. The average Bonchev–Trinajstić information content (AvgIpc) is 2.64. The number of carbonyl (C=O) groups excluding carboxylic acids is 1. The van der Waals surface area contributed by atoms with Gasteiger partial charge in [-0.1, -0.05) is 18.2 Å². The summed E-state index contributed by atoms with van der Waals surface area (Å²) in [5.41, 5.74) is 2.29. The Bertz CT molecular complexity index is 833. The number of nitrogens with zero attached hydrogens (tertiary/aromatic N) is 2. The van der Waals surface area contributed by atoms with E-state index in [0.717, 1.165) is 25.0 Å². The van der Waals surface area contributed by atoms with Gasteiger partial charge in [-0.05, 0) is 50.2 Å². The minimum absolute atomic E-state index is 0.0692. The van der Waals surface area contributed by atoms with Gasteiger partial charge in [-0.3, -0.25) is 9.10 Å². The van der Waals surface area contributed by atoms with Crippen LogP contribution in [0, 0.1) is 0 Å². The summed E-state index contributed by atoms with van der Waals surface area (Å²) in [7, 11) is -3.49. The third-order valence-corrected chi connectivity index (χ3v) is 5.46. The van der Waals surface area contributed by atoms with Crippen molar-refractivity contribution in [3.63, 3.8) is 0 Å². The number of para-hydroxylation sites is 1. The number of rotatable bonds is 9. The van der Waals surface area contributed by atoms with Crippen molar-refractivity contribution in [3.8, 4) is 0 Å². The van der Waals surface area contributed by atoms with E-state index in [0.29, 0.717) is 11.4 Å². The summed E-state index contributed by atoms with van der Waals surface area (Å²) in [5.74, 6) is -0.227. The number of carbonyl (C=O) groups is 1. The molecule has 0 saturated heterocycles. The van der Waals surface area contributed by atoms with Crippen LogP contribution in [0.2, 0.25) is 0 Å². The first-order valence-electron chi connectivity index (χ1n) is 9.02. The van der Waals surface area contributed by atoms with E-state index in [-0.39, 0.29) is 18.9 Å². The summed E-state index contributed by atoms with van der Waals surface area (Å²) < 4.78 is 25.7. The second kappa shape index (κ2) is 9.41. The molecule has 0 unspecified atom stereocenters. The van der Waals surface area contributed by atoms with Crippen molar-refractivity contribution >= 4 is 33.0 Å². The van der Waals surface area contributed by atoms with Crippen molar-refractivity contribution in [1.29, 1.82) is 0 Å². The van der Waals surface area contributed by atoms with Crippen LogP contribution >= 0.6 is 0 Å². The molecule has 0 bridgehead atoms. The Labute approximate surface area is 161 Å². The fraction of sp³-hybridized carbons (Fsp3) is 0.350. The molecule has 146 valence electrons. The first kappa shape index (κ1) is 20.8. The van der Waals surface area contributed by atoms with Crippen LogP contribution in [0.5, 0.6) is 0 Å². The Hall–Kier alpha value is -2.54. The van der Waals surface area contributed by atoms with Gasteiger partial charge in [0.05, 0.1) is 11.9 Å². The lowest BCUT2D eigenvalue weighted by atomic mass is 10.2. The maximum atomic E-state index is 12.2. The number of sulfonamides is 1. The molecule has 27 heavy (non-hydrogen) atoms. The van der Waals surface area contributed by atoms with Crippen molar-refractivity contribution in [3.05, 3.63) is 54.6 Å². The quantitative estimate of drug-likeness (QED) is 0.714. The van der Waals surface area contributed by atoms with Crippen molar-refractivity contribution in [2.45, 2.75) is 20.3 Å². The maximum Gasteiger partial charge on any atom is 0.232 e. The SMILES string of the molecule is CCN(CC)c1ccc(N(CCC(=O)Nc2ccccc2)S(C)(=O)=O)cc1. The number of hydrogen-bond acceptors (Lipinski definition) is 4. The van der Waals surface area contributed by atoms with Gasteiger partial charge in [0.15, 0.2) is 0 Å².